The fourth-order valence-corrected chi connectivity index (χ4v) is 1.98. The Morgan fingerprint density at radius 2 is 1.91 bits per heavy atom. The number of carbonyl (C=O) groups is 1. The number of nitrogens with zero attached hydrogens (tertiary/aromatic N) is 5. The third kappa shape index (κ3) is 3.15. The quantitative estimate of drug-likeness (QED) is 0.800. The van der Waals surface area contributed by atoms with Crippen LogP contribution in [0, 0.1) is 0 Å². The van der Waals surface area contributed by atoms with Gasteiger partial charge in [0.05, 0.1) is 11.9 Å². The van der Waals surface area contributed by atoms with Gasteiger partial charge in [0.25, 0.3) is 5.91 Å². The number of rotatable bonds is 3. The molecule has 0 saturated heterocycles. The molecule has 8 heteroatoms. The number of fused-ring (bicyclic) bond motifs is 1. The number of pyridine rings is 2. The Morgan fingerprint density at radius 3 is 2.57 bits per heavy atom. The molecule has 0 saturated carbocycles. The number of anilines is 1. The molecule has 0 fully saturated rings. The summed E-state index contributed by atoms with van der Waals surface area (Å²) in [5.74, 6) is -0.461. The molecule has 0 spiro atoms. The van der Waals surface area contributed by atoms with Crippen LogP contribution in [0.4, 0.5) is 10.2 Å². The Labute approximate surface area is 131 Å². The molecule has 118 valence electrons. The second-order valence-corrected chi connectivity index (χ2v) is 5.69. The summed E-state index contributed by atoms with van der Waals surface area (Å²) >= 11 is 0. The van der Waals surface area contributed by atoms with Crippen LogP contribution in [0.15, 0.2) is 30.7 Å². The van der Waals surface area contributed by atoms with Gasteiger partial charge in [-0.2, -0.15) is 0 Å². The Balaban J connectivity index is 1.96. The minimum atomic E-state index is -1.97. The van der Waals surface area contributed by atoms with E-state index in [9.17, 15) is 9.18 Å². The number of amides is 1. The standard InChI is InChI=1S/C15H15FN6O/c1-15(2,16)14(23)19-13-5-9-4-11(12-8-22(3)21-20-12)17-6-10(9)7-18-13/h4-8H,1-3H3,(H,18,19,23). The summed E-state index contributed by atoms with van der Waals surface area (Å²) in [6.45, 7) is 2.39. The van der Waals surface area contributed by atoms with Gasteiger partial charge in [-0.05, 0) is 31.4 Å². The predicted octanol–water partition coefficient (Wildman–Crippen LogP) is 2.11. The van der Waals surface area contributed by atoms with Crippen LogP contribution in [0.1, 0.15) is 13.8 Å². The molecule has 7 nitrogen and oxygen atoms in total. The normalized spacial score (nSPS) is 11.7. The maximum Gasteiger partial charge on any atom is 0.262 e. The molecule has 0 aliphatic rings. The first kappa shape index (κ1) is 15.0. The van der Waals surface area contributed by atoms with E-state index >= 15 is 0 Å². The van der Waals surface area contributed by atoms with Crippen molar-refractivity contribution in [2.45, 2.75) is 19.5 Å². The third-order valence-corrected chi connectivity index (χ3v) is 3.25. The van der Waals surface area contributed by atoms with E-state index in [0.29, 0.717) is 11.4 Å². The Kier molecular flexibility index (Phi) is 3.51. The molecule has 3 rings (SSSR count). The van der Waals surface area contributed by atoms with E-state index in [4.69, 9.17) is 0 Å². The van der Waals surface area contributed by atoms with Crippen molar-refractivity contribution in [2.75, 3.05) is 5.32 Å². The largest absolute Gasteiger partial charge is 0.308 e. The average molecular weight is 314 g/mol. The van der Waals surface area contributed by atoms with Gasteiger partial charge in [0.15, 0.2) is 5.67 Å². The second-order valence-electron chi connectivity index (χ2n) is 5.69. The van der Waals surface area contributed by atoms with Gasteiger partial charge in [-0.15, -0.1) is 5.10 Å². The van der Waals surface area contributed by atoms with Crippen molar-refractivity contribution in [3.05, 3.63) is 30.7 Å². The monoisotopic (exact) mass is 314 g/mol. The number of carbonyl (C=O) groups excluding carboxylic acids is 1. The maximum absolute atomic E-state index is 13.6. The molecule has 3 aromatic heterocycles. The van der Waals surface area contributed by atoms with E-state index in [2.05, 4.69) is 25.6 Å². The molecule has 3 heterocycles. The number of nitrogens with one attached hydrogen (secondary N) is 1. The summed E-state index contributed by atoms with van der Waals surface area (Å²) in [5, 5.41) is 12.0. The lowest BCUT2D eigenvalue weighted by Gasteiger charge is -2.13. The molecule has 0 unspecified atom stereocenters. The van der Waals surface area contributed by atoms with Gasteiger partial charge >= 0.3 is 0 Å². The molecule has 0 aliphatic heterocycles. The first-order valence-electron chi connectivity index (χ1n) is 6.96. The minimum Gasteiger partial charge on any atom is -0.308 e. The highest BCUT2D eigenvalue weighted by atomic mass is 19.1. The van der Waals surface area contributed by atoms with Gasteiger partial charge in [0, 0.05) is 24.8 Å². The molecular weight excluding hydrogens is 299 g/mol. The minimum absolute atomic E-state index is 0.282. The van der Waals surface area contributed by atoms with Crippen LogP contribution in [0.25, 0.3) is 22.2 Å². The molecule has 0 atom stereocenters. The fourth-order valence-electron chi connectivity index (χ4n) is 1.98. The number of aryl methyl sites for hydroxylation is 1. The first-order chi connectivity index (χ1) is 10.8. The highest BCUT2D eigenvalue weighted by molar-refractivity contribution is 5.97. The van der Waals surface area contributed by atoms with Crippen LogP contribution < -0.4 is 5.32 Å². The molecule has 3 aromatic rings. The van der Waals surface area contributed by atoms with Crippen molar-refractivity contribution in [3.63, 3.8) is 0 Å². The zero-order chi connectivity index (χ0) is 16.6. The van der Waals surface area contributed by atoms with Gasteiger partial charge in [0.2, 0.25) is 0 Å². The molecule has 0 aliphatic carbocycles. The first-order valence-corrected chi connectivity index (χ1v) is 6.96. The zero-order valence-electron chi connectivity index (χ0n) is 12.9. The van der Waals surface area contributed by atoms with Crippen molar-refractivity contribution >= 4 is 22.5 Å². The third-order valence-electron chi connectivity index (χ3n) is 3.25. The number of hydrogen-bond acceptors (Lipinski definition) is 5. The lowest BCUT2D eigenvalue weighted by Crippen LogP contribution is -2.32. The molecule has 0 aromatic carbocycles. The van der Waals surface area contributed by atoms with Gasteiger partial charge < -0.3 is 5.32 Å². The SMILES string of the molecule is Cn1cc(-c2cc3cc(NC(=O)C(C)(C)F)ncc3cn2)nn1. The van der Waals surface area contributed by atoms with Crippen molar-refractivity contribution in [3.8, 4) is 11.4 Å². The van der Waals surface area contributed by atoms with Crippen LogP contribution in [-0.4, -0.2) is 36.5 Å². The summed E-state index contributed by atoms with van der Waals surface area (Å²) in [6.07, 6.45) is 4.99. The summed E-state index contributed by atoms with van der Waals surface area (Å²) in [7, 11) is 1.77. The summed E-state index contributed by atoms with van der Waals surface area (Å²) < 4.78 is 15.2. The smallest absolute Gasteiger partial charge is 0.262 e. The molecule has 0 radical (unpaired) electrons. The second kappa shape index (κ2) is 5.38. The van der Waals surface area contributed by atoms with Crippen molar-refractivity contribution in [2.24, 2.45) is 7.05 Å². The van der Waals surface area contributed by atoms with Crippen molar-refractivity contribution in [1.82, 2.24) is 25.0 Å². The summed E-state index contributed by atoms with van der Waals surface area (Å²) in [4.78, 5) is 20.1. The number of halogens is 1. The summed E-state index contributed by atoms with van der Waals surface area (Å²) in [6, 6.07) is 3.48. The van der Waals surface area contributed by atoms with Gasteiger partial charge in [-0.25, -0.2) is 9.37 Å². The molecule has 0 bridgehead atoms. The molecular formula is C15H15FN6O. The lowest BCUT2D eigenvalue weighted by molar-refractivity contribution is -0.125. The molecule has 1 amide bonds. The average Bonchev–Trinajstić information content (AvgIpc) is 2.92. The Hall–Kier alpha value is -2.90. The van der Waals surface area contributed by atoms with E-state index in [1.807, 2.05) is 6.07 Å². The van der Waals surface area contributed by atoms with Crippen LogP contribution in [-0.2, 0) is 11.8 Å². The van der Waals surface area contributed by atoms with Crippen molar-refractivity contribution < 1.29 is 9.18 Å². The van der Waals surface area contributed by atoms with E-state index in [-0.39, 0.29) is 5.82 Å². The van der Waals surface area contributed by atoms with Crippen LogP contribution in [0.5, 0.6) is 0 Å². The van der Waals surface area contributed by atoms with Gasteiger partial charge in [-0.3, -0.25) is 14.5 Å². The van der Waals surface area contributed by atoms with Crippen LogP contribution >= 0.6 is 0 Å². The van der Waals surface area contributed by atoms with Crippen LogP contribution in [0.3, 0.4) is 0 Å². The fraction of sp³-hybridized carbons (Fsp3) is 0.267. The molecule has 1 N–H and O–H groups in total. The lowest BCUT2D eigenvalue weighted by atomic mass is 10.1. The Bertz CT molecular complexity index is 883. The van der Waals surface area contributed by atoms with Crippen LogP contribution in [0.2, 0.25) is 0 Å². The topological polar surface area (TPSA) is 85.6 Å². The number of hydrogen-bond donors (Lipinski definition) is 1. The van der Waals surface area contributed by atoms with E-state index in [1.54, 1.807) is 36.4 Å². The highest BCUT2D eigenvalue weighted by Crippen LogP contribution is 2.22. The van der Waals surface area contributed by atoms with Gasteiger partial charge in [0.1, 0.15) is 11.5 Å². The molecule has 23 heavy (non-hydrogen) atoms. The number of aromatic nitrogens is 5. The highest BCUT2D eigenvalue weighted by Gasteiger charge is 2.26. The summed E-state index contributed by atoms with van der Waals surface area (Å²) in [5.41, 5.74) is -0.679. The van der Waals surface area contributed by atoms with E-state index in [0.717, 1.165) is 10.8 Å². The van der Waals surface area contributed by atoms with Gasteiger partial charge in [-0.1, -0.05) is 5.21 Å². The number of alkyl halides is 1. The maximum atomic E-state index is 13.6. The van der Waals surface area contributed by atoms with E-state index in [1.165, 1.54) is 13.8 Å². The van der Waals surface area contributed by atoms with E-state index < -0.39 is 11.6 Å². The predicted molar refractivity (Wildman–Crippen MR) is 83.4 cm³/mol. The zero-order valence-corrected chi connectivity index (χ0v) is 12.9. The van der Waals surface area contributed by atoms with Crippen molar-refractivity contribution in [1.29, 1.82) is 0 Å². The Morgan fingerprint density at radius 1 is 1.17 bits per heavy atom.